The van der Waals surface area contributed by atoms with Crippen LogP contribution < -0.4 is 4.72 Å². The van der Waals surface area contributed by atoms with Crippen LogP contribution in [-0.2, 0) is 10.0 Å². The highest BCUT2D eigenvalue weighted by atomic mass is 79.9. The lowest BCUT2D eigenvalue weighted by Gasteiger charge is -2.05. The Hall–Kier alpha value is -0.400. The maximum Gasteiger partial charge on any atom is 0.257 e. The number of aromatic nitrogens is 2. The predicted octanol–water partition coefficient (Wildman–Crippen LogP) is 1.56. The van der Waals surface area contributed by atoms with Crippen molar-refractivity contribution in [2.75, 3.05) is 6.54 Å². The second-order valence-corrected chi connectivity index (χ2v) is 6.95. The molecule has 0 aliphatic carbocycles. The van der Waals surface area contributed by atoms with E-state index in [1.165, 1.54) is 6.20 Å². The molecule has 0 aliphatic rings. The van der Waals surface area contributed by atoms with Gasteiger partial charge in [0.15, 0.2) is 5.03 Å². The first kappa shape index (κ1) is 13.7. The molecule has 1 heterocycles. The molecule has 1 atom stereocenters. The van der Waals surface area contributed by atoms with Crippen molar-refractivity contribution in [3.05, 3.63) is 12.0 Å². The molecule has 0 spiro atoms. The van der Waals surface area contributed by atoms with Gasteiger partial charge in [-0.1, -0.05) is 22.9 Å². The minimum absolute atomic E-state index is 0.122. The number of imidazole rings is 1. The van der Waals surface area contributed by atoms with E-state index in [1.807, 2.05) is 6.92 Å². The minimum atomic E-state index is -3.42. The molecule has 1 aromatic heterocycles. The molecule has 0 aromatic carbocycles. The molecular formula is C9H16BrN3O2S. The molecule has 7 heteroatoms. The summed E-state index contributed by atoms with van der Waals surface area (Å²) in [6.45, 7) is 4.19. The molecule has 0 saturated heterocycles. The van der Waals surface area contributed by atoms with Gasteiger partial charge < -0.3 is 4.98 Å². The van der Waals surface area contributed by atoms with Gasteiger partial charge in [0.25, 0.3) is 10.0 Å². The molecule has 1 unspecified atom stereocenters. The van der Waals surface area contributed by atoms with E-state index in [0.29, 0.717) is 17.2 Å². The van der Waals surface area contributed by atoms with Gasteiger partial charge in [0.1, 0.15) is 5.82 Å². The fraction of sp³-hybridized carbons (Fsp3) is 0.667. The van der Waals surface area contributed by atoms with Crippen molar-refractivity contribution in [1.82, 2.24) is 14.7 Å². The molecule has 92 valence electrons. The summed E-state index contributed by atoms with van der Waals surface area (Å²) in [4.78, 5) is 6.96. The smallest absolute Gasteiger partial charge is 0.257 e. The van der Waals surface area contributed by atoms with Crippen LogP contribution in [-0.4, -0.2) is 29.8 Å². The van der Waals surface area contributed by atoms with Gasteiger partial charge in [-0.3, -0.25) is 0 Å². The highest BCUT2D eigenvalue weighted by Crippen LogP contribution is 2.07. The van der Waals surface area contributed by atoms with Crippen LogP contribution in [0.4, 0.5) is 0 Å². The van der Waals surface area contributed by atoms with E-state index < -0.39 is 10.0 Å². The average Bonchev–Trinajstić information content (AvgIpc) is 2.60. The number of sulfonamides is 1. The van der Waals surface area contributed by atoms with Crippen molar-refractivity contribution in [1.29, 1.82) is 0 Å². The zero-order valence-electron chi connectivity index (χ0n) is 9.33. The Balaban J connectivity index is 2.47. The molecule has 0 fully saturated rings. The lowest BCUT2D eigenvalue weighted by Crippen LogP contribution is -2.25. The summed E-state index contributed by atoms with van der Waals surface area (Å²) in [5.41, 5.74) is 0. The summed E-state index contributed by atoms with van der Waals surface area (Å²) < 4.78 is 25.9. The van der Waals surface area contributed by atoms with Crippen LogP contribution in [0.25, 0.3) is 0 Å². The molecule has 1 rings (SSSR count). The summed E-state index contributed by atoms with van der Waals surface area (Å²) in [7, 11) is -3.42. The zero-order valence-corrected chi connectivity index (χ0v) is 11.7. The molecule has 16 heavy (non-hydrogen) atoms. The predicted molar refractivity (Wildman–Crippen MR) is 66.1 cm³/mol. The third-order valence-electron chi connectivity index (χ3n) is 2.04. The van der Waals surface area contributed by atoms with E-state index in [-0.39, 0.29) is 5.03 Å². The van der Waals surface area contributed by atoms with E-state index in [9.17, 15) is 8.42 Å². The lowest BCUT2D eigenvalue weighted by atomic mass is 10.2. The monoisotopic (exact) mass is 309 g/mol. The van der Waals surface area contributed by atoms with E-state index in [4.69, 9.17) is 0 Å². The number of alkyl halides is 1. The van der Waals surface area contributed by atoms with Gasteiger partial charge in [0, 0.05) is 11.4 Å². The van der Waals surface area contributed by atoms with Gasteiger partial charge in [-0.15, -0.1) is 0 Å². The van der Waals surface area contributed by atoms with Gasteiger partial charge >= 0.3 is 0 Å². The van der Waals surface area contributed by atoms with Gasteiger partial charge in [-0.2, -0.15) is 0 Å². The highest BCUT2D eigenvalue weighted by molar-refractivity contribution is 9.09. The minimum Gasteiger partial charge on any atom is -0.332 e. The number of hydrogen-bond acceptors (Lipinski definition) is 3. The van der Waals surface area contributed by atoms with Gasteiger partial charge in [-0.25, -0.2) is 18.1 Å². The quantitative estimate of drug-likeness (QED) is 0.618. The molecule has 1 aromatic rings. The first-order chi connectivity index (χ1) is 7.42. The first-order valence-electron chi connectivity index (χ1n) is 5.07. The normalized spacial score (nSPS) is 13.9. The number of H-pyrrole nitrogens is 1. The Kier molecular flexibility index (Phi) is 4.94. The molecule has 0 amide bonds. The molecule has 0 radical (unpaired) electrons. The van der Waals surface area contributed by atoms with Crippen LogP contribution in [0, 0.1) is 6.92 Å². The van der Waals surface area contributed by atoms with Crippen molar-refractivity contribution in [3.8, 4) is 0 Å². The van der Waals surface area contributed by atoms with E-state index in [0.717, 1.165) is 12.8 Å². The Morgan fingerprint density at radius 2 is 2.31 bits per heavy atom. The Morgan fingerprint density at radius 3 is 2.81 bits per heavy atom. The number of nitrogens with zero attached hydrogens (tertiary/aromatic N) is 1. The van der Waals surface area contributed by atoms with Crippen molar-refractivity contribution >= 4 is 26.0 Å². The molecule has 0 saturated carbocycles. The standard InChI is InChI=1S/C9H16BrN3O2S/c1-7(10)4-3-5-12-16(14,15)9-6-11-8(2)13-9/h6-7,12H,3-5H2,1-2H3,(H,11,13). The first-order valence-corrected chi connectivity index (χ1v) is 7.47. The number of rotatable bonds is 6. The van der Waals surface area contributed by atoms with Gasteiger partial charge in [-0.05, 0) is 19.8 Å². The van der Waals surface area contributed by atoms with Gasteiger partial charge in [0.05, 0.1) is 6.20 Å². The topological polar surface area (TPSA) is 74.8 Å². The maximum atomic E-state index is 11.7. The molecular weight excluding hydrogens is 294 g/mol. The second kappa shape index (κ2) is 5.79. The van der Waals surface area contributed by atoms with Gasteiger partial charge in [0.2, 0.25) is 0 Å². The van der Waals surface area contributed by atoms with Crippen LogP contribution in [0.3, 0.4) is 0 Å². The third-order valence-corrected chi connectivity index (χ3v) is 3.87. The lowest BCUT2D eigenvalue weighted by molar-refractivity contribution is 0.573. The number of nitrogens with one attached hydrogen (secondary N) is 2. The van der Waals surface area contributed by atoms with Crippen molar-refractivity contribution < 1.29 is 8.42 Å². The Bertz CT molecular complexity index is 428. The van der Waals surface area contributed by atoms with Crippen molar-refractivity contribution in [2.24, 2.45) is 0 Å². The van der Waals surface area contributed by atoms with E-state index in [1.54, 1.807) is 6.92 Å². The molecule has 0 bridgehead atoms. The molecule has 0 aliphatic heterocycles. The Labute approximate surface area is 104 Å². The number of aryl methyl sites for hydroxylation is 1. The molecule has 5 nitrogen and oxygen atoms in total. The third kappa shape index (κ3) is 4.23. The fourth-order valence-electron chi connectivity index (χ4n) is 1.20. The van der Waals surface area contributed by atoms with Crippen LogP contribution in [0.2, 0.25) is 0 Å². The molecule has 2 N–H and O–H groups in total. The number of aromatic amines is 1. The van der Waals surface area contributed by atoms with Crippen molar-refractivity contribution in [3.63, 3.8) is 0 Å². The summed E-state index contributed by atoms with van der Waals surface area (Å²) in [5.74, 6) is 0.592. The summed E-state index contributed by atoms with van der Waals surface area (Å²) in [6, 6.07) is 0. The highest BCUT2D eigenvalue weighted by Gasteiger charge is 2.15. The van der Waals surface area contributed by atoms with Crippen LogP contribution >= 0.6 is 15.9 Å². The second-order valence-electron chi connectivity index (χ2n) is 3.65. The zero-order chi connectivity index (χ0) is 12.2. The largest absolute Gasteiger partial charge is 0.332 e. The number of hydrogen-bond donors (Lipinski definition) is 2. The van der Waals surface area contributed by atoms with Crippen molar-refractivity contribution in [2.45, 2.75) is 36.5 Å². The SMILES string of the molecule is Cc1ncc(S(=O)(=O)NCCCC(C)Br)[nH]1. The van der Waals surface area contributed by atoms with Crippen LogP contribution in [0.15, 0.2) is 11.2 Å². The van der Waals surface area contributed by atoms with Crippen LogP contribution in [0.1, 0.15) is 25.6 Å². The Morgan fingerprint density at radius 1 is 1.62 bits per heavy atom. The maximum absolute atomic E-state index is 11.7. The van der Waals surface area contributed by atoms with E-state index in [2.05, 4.69) is 30.6 Å². The fourth-order valence-corrected chi connectivity index (χ4v) is 2.57. The van der Waals surface area contributed by atoms with Crippen LogP contribution in [0.5, 0.6) is 0 Å². The summed E-state index contributed by atoms with van der Waals surface area (Å²) in [5, 5.41) is 0.122. The summed E-state index contributed by atoms with van der Waals surface area (Å²) >= 11 is 3.41. The van der Waals surface area contributed by atoms with E-state index >= 15 is 0 Å². The summed E-state index contributed by atoms with van der Waals surface area (Å²) in [6.07, 6.45) is 3.06. The number of halogens is 1. The average molecular weight is 310 g/mol.